The van der Waals surface area contributed by atoms with Gasteiger partial charge in [-0.25, -0.2) is 4.79 Å². The number of carbonyl (C=O) groups excluding carboxylic acids is 2. The second-order valence-corrected chi connectivity index (χ2v) is 6.74. The molecule has 5 nitrogen and oxygen atoms in total. The fourth-order valence-corrected chi connectivity index (χ4v) is 2.92. The Hall–Kier alpha value is -3.60. The van der Waals surface area contributed by atoms with E-state index in [2.05, 4.69) is 5.32 Å². The average Bonchev–Trinajstić information content (AvgIpc) is 2.74. The van der Waals surface area contributed by atoms with Crippen molar-refractivity contribution >= 4 is 17.6 Å². The fraction of sp³-hybridized carbons (Fsp3) is 0.167. The van der Waals surface area contributed by atoms with Gasteiger partial charge >= 0.3 is 5.97 Å². The number of benzene rings is 3. The van der Waals surface area contributed by atoms with Gasteiger partial charge in [-0.2, -0.15) is 0 Å². The molecule has 0 fully saturated rings. The minimum atomic E-state index is -0.885. The van der Waals surface area contributed by atoms with Gasteiger partial charge in [-0.05, 0) is 49.2 Å². The van der Waals surface area contributed by atoms with Gasteiger partial charge in [0.1, 0.15) is 5.75 Å². The number of aryl methyl sites for hydroxylation is 2. The zero-order valence-electron chi connectivity index (χ0n) is 16.6. The van der Waals surface area contributed by atoms with Crippen LogP contribution in [0.15, 0.2) is 72.8 Å². The molecule has 0 aliphatic carbocycles. The molecule has 0 saturated heterocycles. The van der Waals surface area contributed by atoms with E-state index in [0.29, 0.717) is 16.9 Å². The van der Waals surface area contributed by atoms with Crippen molar-refractivity contribution in [2.45, 2.75) is 20.0 Å². The zero-order valence-corrected chi connectivity index (χ0v) is 16.6. The summed E-state index contributed by atoms with van der Waals surface area (Å²) in [6, 6.07) is 21.7. The van der Waals surface area contributed by atoms with Crippen LogP contribution in [0.25, 0.3) is 0 Å². The van der Waals surface area contributed by atoms with Crippen molar-refractivity contribution in [3.63, 3.8) is 0 Å². The lowest BCUT2D eigenvalue weighted by Gasteiger charge is -2.20. The summed E-state index contributed by atoms with van der Waals surface area (Å²) in [5.74, 6) is -0.363. The third-order valence-corrected chi connectivity index (χ3v) is 4.50. The van der Waals surface area contributed by atoms with Crippen LogP contribution < -0.4 is 10.1 Å². The minimum absolute atomic E-state index is 0.298. The SMILES string of the molecule is COC(=O)c1cccc(O[C@@H](C(=O)Nc2cc(C)ccc2C)c2ccccc2)c1. The number of amides is 1. The normalized spacial score (nSPS) is 11.4. The summed E-state index contributed by atoms with van der Waals surface area (Å²) in [5.41, 5.74) is 3.81. The molecule has 0 aromatic heterocycles. The smallest absolute Gasteiger partial charge is 0.337 e. The molecule has 0 heterocycles. The topological polar surface area (TPSA) is 64.6 Å². The number of hydrogen-bond donors (Lipinski definition) is 1. The third kappa shape index (κ3) is 5.02. The first-order valence-electron chi connectivity index (χ1n) is 9.26. The predicted molar refractivity (Wildman–Crippen MR) is 112 cm³/mol. The van der Waals surface area contributed by atoms with Gasteiger partial charge in [-0.1, -0.05) is 48.5 Å². The Morgan fingerprint density at radius 1 is 0.897 bits per heavy atom. The van der Waals surface area contributed by atoms with E-state index in [1.54, 1.807) is 24.3 Å². The molecular formula is C24H23NO4. The van der Waals surface area contributed by atoms with Crippen LogP contribution >= 0.6 is 0 Å². The van der Waals surface area contributed by atoms with Gasteiger partial charge in [-0.3, -0.25) is 4.79 Å². The highest BCUT2D eigenvalue weighted by Gasteiger charge is 2.24. The van der Waals surface area contributed by atoms with E-state index in [4.69, 9.17) is 9.47 Å². The molecule has 1 N–H and O–H groups in total. The summed E-state index contributed by atoms with van der Waals surface area (Å²) >= 11 is 0. The van der Waals surface area contributed by atoms with Crippen LogP contribution in [0, 0.1) is 13.8 Å². The van der Waals surface area contributed by atoms with Crippen LogP contribution in [0.3, 0.4) is 0 Å². The Morgan fingerprint density at radius 2 is 1.66 bits per heavy atom. The molecular weight excluding hydrogens is 366 g/mol. The molecule has 3 rings (SSSR count). The van der Waals surface area contributed by atoms with E-state index in [0.717, 1.165) is 16.8 Å². The standard InChI is InChI=1S/C24H23NO4/c1-16-12-13-17(2)21(14-16)25-23(26)22(18-8-5-4-6-9-18)29-20-11-7-10-19(15-20)24(27)28-3/h4-15,22H,1-3H3,(H,25,26)/t22-/m1/s1. The van der Waals surface area contributed by atoms with Gasteiger partial charge in [0.2, 0.25) is 6.10 Å². The van der Waals surface area contributed by atoms with Gasteiger partial charge in [0.25, 0.3) is 5.91 Å². The van der Waals surface area contributed by atoms with Crippen molar-refractivity contribution in [2.75, 3.05) is 12.4 Å². The van der Waals surface area contributed by atoms with Gasteiger partial charge < -0.3 is 14.8 Å². The van der Waals surface area contributed by atoms with Crippen molar-refractivity contribution < 1.29 is 19.1 Å². The molecule has 0 saturated carbocycles. The molecule has 1 atom stereocenters. The Kier molecular flexibility index (Phi) is 6.29. The highest BCUT2D eigenvalue weighted by atomic mass is 16.5. The number of carbonyl (C=O) groups is 2. The van der Waals surface area contributed by atoms with E-state index in [9.17, 15) is 9.59 Å². The molecule has 0 aliphatic heterocycles. The van der Waals surface area contributed by atoms with Crippen molar-refractivity contribution in [3.8, 4) is 5.75 Å². The van der Waals surface area contributed by atoms with Gasteiger partial charge in [0.05, 0.1) is 12.7 Å². The molecule has 0 spiro atoms. The summed E-state index contributed by atoms with van der Waals surface area (Å²) < 4.78 is 10.8. The first-order chi connectivity index (χ1) is 14.0. The Morgan fingerprint density at radius 3 is 2.38 bits per heavy atom. The number of nitrogens with one attached hydrogen (secondary N) is 1. The highest BCUT2D eigenvalue weighted by Crippen LogP contribution is 2.26. The van der Waals surface area contributed by atoms with Crippen LogP contribution in [-0.4, -0.2) is 19.0 Å². The first-order valence-corrected chi connectivity index (χ1v) is 9.26. The highest BCUT2D eigenvalue weighted by molar-refractivity contribution is 5.96. The van der Waals surface area contributed by atoms with Crippen LogP contribution in [0.4, 0.5) is 5.69 Å². The van der Waals surface area contributed by atoms with E-state index in [1.165, 1.54) is 7.11 Å². The molecule has 1 amide bonds. The Bertz CT molecular complexity index is 1010. The predicted octanol–water partition coefficient (Wildman–Crippen LogP) is 4.85. The maximum Gasteiger partial charge on any atom is 0.337 e. The maximum atomic E-state index is 13.1. The van der Waals surface area contributed by atoms with E-state index >= 15 is 0 Å². The van der Waals surface area contributed by atoms with E-state index in [-0.39, 0.29) is 5.91 Å². The molecule has 0 radical (unpaired) electrons. The maximum absolute atomic E-state index is 13.1. The Balaban J connectivity index is 1.90. The summed E-state index contributed by atoms with van der Waals surface area (Å²) in [4.78, 5) is 24.9. The molecule has 148 valence electrons. The summed E-state index contributed by atoms with van der Waals surface area (Å²) in [7, 11) is 1.32. The molecule has 5 heteroatoms. The molecule has 3 aromatic rings. The van der Waals surface area contributed by atoms with E-state index in [1.807, 2.05) is 62.4 Å². The van der Waals surface area contributed by atoms with Crippen molar-refractivity contribution in [3.05, 3.63) is 95.1 Å². The number of hydrogen-bond acceptors (Lipinski definition) is 4. The van der Waals surface area contributed by atoms with Gasteiger partial charge in [-0.15, -0.1) is 0 Å². The zero-order chi connectivity index (χ0) is 20.8. The number of esters is 1. The van der Waals surface area contributed by atoms with Crippen LogP contribution in [0.5, 0.6) is 5.75 Å². The fourth-order valence-electron chi connectivity index (χ4n) is 2.92. The number of ether oxygens (including phenoxy) is 2. The second-order valence-electron chi connectivity index (χ2n) is 6.74. The first kappa shape index (κ1) is 20.1. The largest absolute Gasteiger partial charge is 0.476 e. The molecule has 3 aromatic carbocycles. The lowest BCUT2D eigenvalue weighted by atomic mass is 10.1. The van der Waals surface area contributed by atoms with Crippen molar-refractivity contribution in [1.82, 2.24) is 0 Å². The lowest BCUT2D eigenvalue weighted by molar-refractivity contribution is -0.123. The number of anilines is 1. The van der Waals surface area contributed by atoms with Crippen molar-refractivity contribution in [1.29, 1.82) is 0 Å². The number of rotatable bonds is 6. The summed E-state index contributed by atoms with van der Waals surface area (Å²) in [6.07, 6.45) is -0.885. The number of methoxy groups -OCH3 is 1. The van der Waals surface area contributed by atoms with Crippen molar-refractivity contribution in [2.24, 2.45) is 0 Å². The Labute approximate surface area is 170 Å². The third-order valence-electron chi connectivity index (χ3n) is 4.50. The quantitative estimate of drug-likeness (QED) is 0.612. The minimum Gasteiger partial charge on any atom is -0.476 e. The molecule has 0 unspecified atom stereocenters. The van der Waals surface area contributed by atoms with Gasteiger partial charge in [0.15, 0.2) is 0 Å². The van der Waals surface area contributed by atoms with Crippen LogP contribution in [-0.2, 0) is 9.53 Å². The summed E-state index contributed by atoms with van der Waals surface area (Å²) in [5, 5.41) is 2.96. The molecule has 0 bridgehead atoms. The average molecular weight is 389 g/mol. The van der Waals surface area contributed by atoms with Crippen LogP contribution in [0.2, 0.25) is 0 Å². The van der Waals surface area contributed by atoms with Crippen LogP contribution in [0.1, 0.15) is 33.2 Å². The molecule has 0 aliphatic rings. The lowest BCUT2D eigenvalue weighted by Crippen LogP contribution is -2.26. The molecule has 29 heavy (non-hydrogen) atoms. The second kappa shape index (κ2) is 9.06. The van der Waals surface area contributed by atoms with E-state index < -0.39 is 12.1 Å². The van der Waals surface area contributed by atoms with Gasteiger partial charge in [0, 0.05) is 11.3 Å². The summed E-state index contributed by atoms with van der Waals surface area (Å²) in [6.45, 7) is 3.91. The monoisotopic (exact) mass is 389 g/mol.